The number of hydrogen-bond acceptors (Lipinski definition) is 3. The van der Waals surface area contributed by atoms with Crippen LogP contribution in [0.2, 0.25) is 0 Å². The summed E-state index contributed by atoms with van der Waals surface area (Å²) in [7, 11) is 0. The van der Waals surface area contributed by atoms with Crippen LogP contribution in [0, 0.1) is 0 Å². The van der Waals surface area contributed by atoms with Gasteiger partial charge in [0.15, 0.2) is 0 Å². The molecule has 0 aromatic rings. The first-order valence-electron chi connectivity index (χ1n) is 6.31. The normalized spacial score (nSPS) is 17.4. The summed E-state index contributed by atoms with van der Waals surface area (Å²) < 4.78 is 10.8. The van der Waals surface area contributed by atoms with Gasteiger partial charge in [0, 0.05) is 25.6 Å². The molecule has 0 unspecified atom stereocenters. The minimum atomic E-state index is 0.0919. The van der Waals surface area contributed by atoms with Gasteiger partial charge in [-0.05, 0) is 19.3 Å². The standard InChI is InChI=1S/C12H22ClNO3/c1-2-8-16-10-12(15)14-6-3-11(4-7-14)17-9-5-13/h11H,2-10H2,1H3. The number of ether oxygens (including phenoxy) is 2. The third kappa shape index (κ3) is 5.70. The minimum Gasteiger partial charge on any atom is -0.377 e. The van der Waals surface area contributed by atoms with Gasteiger partial charge < -0.3 is 14.4 Å². The van der Waals surface area contributed by atoms with E-state index in [1.165, 1.54) is 0 Å². The molecule has 1 rings (SSSR count). The summed E-state index contributed by atoms with van der Waals surface area (Å²) in [4.78, 5) is 13.6. The highest BCUT2D eigenvalue weighted by atomic mass is 35.5. The SMILES string of the molecule is CCCOCC(=O)N1CCC(OCCCl)CC1. The summed E-state index contributed by atoms with van der Waals surface area (Å²) in [5.74, 6) is 0.624. The van der Waals surface area contributed by atoms with E-state index in [2.05, 4.69) is 0 Å². The number of carbonyl (C=O) groups excluding carboxylic acids is 1. The van der Waals surface area contributed by atoms with Gasteiger partial charge in [-0.15, -0.1) is 11.6 Å². The molecular weight excluding hydrogens is 242 g/mol. The monoisotopic (exact) mass is 263 g/mol. The van der Waals surface area contributed by atoms with E-state index in [4.69, 9.17) is 21.1 Å². The van der Waals surface area contributed by atoms with E-state index >= 15 is 0 Å². The zero-order chi connectivity index (χ0) is 12.5. The zero-order valence-electron chi connectivity index (χ0n) is 10.5. The fraction of sp³-hybridized carbons (Fsp3) is 0.917. The number of alkyl halides is 1. The van der Waals surface area contributed by atoms with Crippen molar-refractivity contribution in [2.24, 2.45) is 0 Å². The van der Waals surface area contributed by atoms with Crippen molar-refractivity contribution in [1.82, 2.24) is 4.90 Å². The van der Waals surface area contributed by atoms with Gasteiger partial charge in [0.2, 0.25) is 5.91 Å². The van der Waals surface area contributed by atoms with Gasteiger partial charge in [0.1, 0.15) is 6.61 Å². The Morgan fingerprint density at radius 3 is 2.65 bits per heavy atom. The number of nitrogens with zero attached hydrogens (tertiary/aromatic N) is 1. The Labute approximate surface area is 108 Å². The predicted molar refractivity (Wildman–Crippen MR) is 67.4 cm³/mol. The first kappa shape index (κ1) is 14.7. The Hall–Kier alpha value is -0.320. The summed E-state index contributed by atoms with van der Waals surface area (Å²) >= 11 is 5.56. The van der Waals surface area contributed by atoms with Crippen molar-refractivity contribution in [2.75, 3.05) is 38.8 Å². The molecular formula is C12H22ClNO3. The molecule has 5 heteroatoms. The summed E-state index contributed by atoms with van der Waals surface area (Å²) in [6.45, 7) is 5.02. The lowest BCUT2D eigenvalue weighted by Gasteiger charge is -2.31. The van der Waals surface area contributed by atoms with Crippen LogP contribution in [0.1, 0.15) is 26.2 Å². The number of halogens is 1. The van der Waals surface area contributed by atoms with Crippen molar-refractivity contribution in [3.63, 3.8) is 0 Å². The van der Waals surface area contributed by atoms with Crippen LogP contribution in [0.15, 0.2) is 0 Å². The largest absolute Gasteiger partial charge is 0.377 e. The van der Waals surface area contributed by atoms with Gasteiger partial charge in [-0.25, -0.2) is 0 Å². The van der Waals surface area contributed by atoms with Gasteiger partial charge in [0.25, 0.3) is 0 Å². The van der Waals surface area contributed by atoms with Crippen LogP contribution in [0.3, 0.4) is 0 Å². The molecule has 100 valence electrons. The van der Waals surface area contributed by atoms with E-state index in [9.17, 15) is 4.79 Å². The van der Waals surface area contributed by atoms with Crippen LogP contribution >= 0.6 is 11.6 Å². The topological polar surface area (TPSA) is 38.8 Å². The molecule has 1 aliphatic heterocycles. The fourth-order valence-corrected chi connectivity index (χ4v) is 1.97. The van der Waals surface area contributed by atoms with Gasteiger partial charge in [-0.3, -0.25) is 4.79 Å². The van der Waals surface area contributed by atoms with Crippen molar-refractivity contribution in [2.45, 2.75) is 32.3 Å². The second-order valence-corrected chi connectivity index (χ2v) is 4.57. The quantitative estimate of drug-likeness (QED) is 0.518. The van der Waals surface area contributed by atoms with Crippen molar-refractivity contribution < 1.29 is 14.3 Å². The number of rotatable bonds is 7. The van der Waals surface area contributed by atoms with Crippen molar-refractivity contribution in [3.05, 3.63) is 0 Å². The van der Waals surface area contributed by atoms with E-state index in [-0.39, 0.29) is 18.6 Å². The highest BCUT2D eigenvalue weighted by Crippen LogP contribution is 2.13. The number of amides is 1. The summed E-state index contributed by atoms with van der Waals surface area (Å²) in [5.41, 5.74) is 0. The minimum absolute atomic E-state index is 0.0919. The lowest BCUT2D eigenvalue weighted by atomic mass is 10.1. The van der Waals surface area contributed by atoms with E-state index in [0.29, 0.717) is 19.1 Å². The third-order valence-electron chi connectivity index (χ3n) is 2.80. The van der Waals surface area contributed by atoms with Crippen LogP contribution in [0.4, 0.5) is 0 Å². The zero-order valence-corrected chi connectivity index (χ0v) is 11.2. The van der Waals surface area contributed by atoms with Crippen LogP contribution < -0.4 is 0 Å². The highest BCUT2D eigenvalue weighted by Gasteiger charge is 2.22. The van der Waals surface area contributed by atoms with Crippen molar-refractivity contribution >= 4 is 17.5 Å². The molecule has 0 aromatic heterocycles. The van der Waals surface area contributed by atoms with Crippen molar-refractivity contribution in [3.8, 4) is 0 Å². The van der Waals surface area contributed by atoms with Gasteiger partial charge in [0.05, 0.1) is 12.7 Å². The maximum atomic E-state index is 11.7. The molecule has 4 nitrogen and oxygen atoms in total. The number of piperidine rings is 1. The second-order valence-electron chi connectivity index (χ2n) is 4.19. The molecule has 1 saturated heterocycles. The van der Waals surface area contributed by atoms with Crippen molar-refractivity contribution in [1.29, 1.82) is 0 Å². The Morgan fingerprint density at radius 2 is 2.06 bits per heavy atom. The molecule has 0 atom stereocenters. The molecule has 17 heavy (non-hydrogen) atoms. The van der Waals surface area contributed by atoms with Gasteiger partial charge in [-0.2, -0.15) is 0 Å². The van der Waals surface area contributed by atoms with Crippen LogP contribution in [0.5, 0.6) is 0 Å². The molecule has 0 bridgehead atoms. The van der Waals surface area contributed by atoms with Gasteiger partial charge in [-0.1, -0.05) is 6.92 Å². The third-order valence-corrected chi connectivity index (χ3v) is 2.95. The summed E-state index contributed by atoms with van der Waals surface area (Å²) in [6.07, 6.45) is 3.00. The first-order valence-corrected chi connectivity index (χ1v) is 6.84. The Kier molecular flexibility index (Phi) is 7.56. The Bertz CT molecular complexity index is 218. The maximum Gasteiger partial charge on any atom is 0.248 e. The molecule has 0 spiro atoms. The van der Waals surface area contributed by atoms with E-state index < -0.39 is 0 Å². The molecule has 1 aliphatic rings. The Balaban J connectivity index is 2.15. The molecule has 1 heterocycles. The molecule has 0 radical (unpaired) electrons. The fourth-order valence-electron chi connectivity index (χ4n) is 1.88. The Morgan fingerprint density at radius 1 is 1.35 bits per heavy atom. The average Bonchev–Trinajstić information content (AvgIpc) is 2.37. The smallest absolute Gasteiger partial charge is 0.248 e. The number of carbonyl (C=O) groups is 1. The lowest BCUT2D eigenvalue weighted by molar-refractivity contribution is -0.138. The van der Waals surface area contributed by atoms with Gasteiger partial charge >= 0.3 is 0 Å². The summed E-state index contributed by atoms with van der Waals surface area (Å²) in [6, 6.07) is 0. The average molecular weight is 264 g/mol. The molecule has 0 aromatic carbocycles. The molecule has 0 N–H and O–H groups in total. The maximum absolute atomic E-state index is 11.7. The number of hydrogen-bond donors (Lipinski definition) is 0. The van der Waals surface area contributed by atoms with E-state index in [1.807, 2.05) is 11.8 Å². The lowest BCUT2D eigenvalue weighted by Crippen LogP contribution is -2.42. The van der Waals surface area contributed by atoms with E-state index in [0.717, 1.165) is 32.4 Å². The van der Waals surface area contributed by atoms with Crippen LogP contribution in [-0.4, -0.2) is 55.7 Å². The molecule has 1 fully saturated rings. The van der Waals surface area contributed by atoms with Crippen LogP contribution in [-0.2, 0) is 14.3 Å². The van der Waals surface area contributed by atoms with E-state index in [1.54, 1.807) is 0 Å². The molecule has 1 amide bonds. The second kappa shape index (κ2) is 8.72. The molecule has 0 aliphatic carbocycles. The number of likely N-dealkylation sites (tertiary alicyclic amines) is 1. The molecule has 0 saturated carbocycles. The van der Waals surface area contributed by atoms with Crippen LogP contribution in [0.25, 0.3) is 0 Å². The first-order chi connectivity index (χ1) is 8.27. The summed E-state index contributed by atoms with van der Waals surface area (Å²) in [5, 5.41) is 0. The highest BCUT2D eigenvalue weighted by molar-refractivity contribution is 6.17. The predicted octanol–water partition coefficient (Wildman–Crippen LogP) is 1.66.